The standard InChI is InChI=1S/C18H30N2O4/c1-3-19-10-14-11-20(16(22)13-8-15(21)9-13)7-5-6-18(14,12-19)17(23)24-4-2/h13-15,21H,3-12H2,1-2H3/t13?,14-,15?,18+/m1/s1. The van der Waals surface area contributed by atoms with Crippen molar-refractivity contribution >= 4 is 11.9 Å². The lowest BCUT2D eigenvalue weighted by molar-refractivity contribution is -0.158. The molecule has 0 spiro atoms. The summed E-state index contributed by atoms with van der Waals surface area (Å²) < 4.78 is 5.42. The molecule has 1 saturated carbocycles. The normalized spacial score (nSPS) is 36.6. The predicted octanol–water partition coefficient (Wildman–Crippen LogP) is 0.881. The molecule has 2 saturated heterocycles. The Bertz CT molecular complexity index is 491. The fourth-order valence-electron chi connectivity index (χ4n) is 4.63. The molecule has 136 valence electrons. The number of nitrogens with zero attached hydrogens (tertiary/aromatic N) is 2. The Labute approximate surface area is 144 Å². The zero-order valence-corrected chi connectivity index (χ0v) is 14.9. The lowest BCUT2D eigenvalue weighted by Gasteiger charge is -2.36. The highest BCUT2D eigenvalue weighted by atomic mass is 16.5. The minimum absolute atomic E-state index is 0.0289. The summed E-state index contributed by atoms with van der Waals surface area (Å²) in [7, 11) is 0. The number of aliphatic hydroxyl groups excluding tert-OH is 1. The predicted molar refractivity (Wildman–Crippen MR) is 89.2 cm³/mol. The van der Waals surface area contributed by atoms with Crippen molar-refractivity contribution in [2.24, 2.45) is 17.3 Å². The van der Waals surface area contributed by atoms with E-state index in [1.807, 2.05) is 11.8 Å². The Balaban J connectivity index is 1.75. The summed E-state index contributed by atoms with van der Waals surface area (Å²) in [6.45, 7) is 8.25. The van der Waals surface area contributed by atoms with Gasteiger partial charge in [-0.3, -0.25) is 9.59 Å². The number of rotatable bonds is 4. The van der Waals surface area contributed by atoms with Crippen molar-refractivity contribution in [3.63, 3.8) is 0 Å². The van der Waals surface area contributed by atoms with Crippen LogP contribution in [0.25, 0.3) is 0 Å². The van der Waals surface area contributed by atoms with Crippen LogP contribution in [0, 0.1) is 17.3 Å². The van der Waals surface area contributed by atoms with Crippen molar-refractivity contribution in [2.45, 2.75) is 45.6 Å². The van der Waals surface area contributed by atoms with Gasteiger partial charge in [0.05, 0.1) is 18.1 Å². The van der Waals surface area contributed by atoms with Gasteiger partial charge in [-0.05, 0) is 39.2 Å². The van der Waals surface area contributed by atoms with Gasteiger partial charge in [-0.1, -0.05) is 6.92 Å². The molecule has 0 radical (unpaired) electrons. The van der Waals surface area contributed by atoms with Crippen LogP contribution in [-0.2, 0) is 14.3 Å². The summed E-state index contributed by atoms with van der Waals surface area (Å²) in [5, 5.41) is 9.47. The van der Waals surface area contributed by atoms with Gasteiger partial charge in [0.15, 0.2) is 0 Å². The van der Waals surface area contributed by atoms with E-state index in [-0.39, 0.29) is 29.8 Å². The quantitative estimate of drug-likeness (QED) is 0.771. The number of likely N-dealkylation sites (tertiary alicyclic amines) is 2. The first-order valence-corrected chi connectivity index (χ1v) is 9.36. The van der Waals surface area contributed by atoms with Gasteiger partial charge in [0.1, 0.15) is 0 Å². The zero-order chi connectivity index (χ0) is 17.3. The Kier molecular flexibility index (Phi) is 5.16. The first-order chi connectivity index (χ1) is 11.5. The number of hydrogen-bond acceptors (Lipinski definition) is 5. The molecule has 0 aromatic heterocycles. The van der Waals surface area contributed by atoms with Crippen LogP contribution < -0.4 is 0 Å². The average Bonchev–Trinajstić information content (AvgIpc) is 2.80. The third kappa shape index (κ3) is 3.06. The summed E-state index contributed by atoms with van der Waals surface area (Å²) in [6, 6.07) is 0. The molecular weight excluding hydrogens is 308 g/mol. The van der Waals surface area contributed by atoms with Crippen LogP contribution in [0.4, 0.5) is 0 Å². The third-order valence-corrected chi connectivity index (χ3v) is 6.16. The molecule has 0 unspecified atom stereocenters. The Morgan fingerprint density at radius 3 is 2.62 bits per heavy atom. The highest BCUT2D eigenvalue weighted by Gasteiger charge is 2.54. The van der Waals surface area contributed by atoms with E-state index in [9.17, 15) is 14.7 Å². The minimum atomic E-state index is -0.458. The van der Waals surface area contributed by atoms with Gasteiger partial charge in [0, 0.05) is 38.0 Å². The topological polar surface area (TPSA) is 70.1 Å². The van der Waals surface area contributed by atoms with Crippen molar-refractivity contribution in [1.29, 1.82) is 0 Å². The number of aliphatic hydroxyl groups is 1. The molecule has 6 nitrogen and oxygen atoms in total. The number of carbonyl (C=O) groups is 2. The zero-order valence-electron chi connectivity index (χ0n) is 14.9. The maximum atomic E-state index is 12.8. The highest BCUT2D eigenvalue weighted by molar-refractivity contribution is 5.81. The van der Waals surface area contributed by atoms with Crippen molar-refractivity contribution in [2.75, 3.05) is 39.3 Å². The summed E-state index contributed by atoms with van der Waals surface area (Å²) in [5.41, 5.74) is -0.458. The smallest absolute Gasteiger partial charge is 0.313 e. The Morgan fingerprint density at radius 1 is 1.25 bits per heavy atom. The fourth-order valence-corrected chi connectivity index (χ4v) is 4.63. The van der Waals surface area contributed by atoms with Gasteiger partial charge in [0.2, 0.25) is 5.91 Å². The third-order valence-electron chi connectivity index (χ3n) is 6.16. The fraction of sp³-hybridized carbons (Fsp3) is 0.889. The van der Waals surface area contributed by atoms with Crippen LogP contribution in [0.15, 0.2) is 0 Å². The number of amides is 1. The number of hydrogen-bond donors (Lipinski definition) is 1. The molecule has 6 heteroatoms. The number of fused-ring (bicyclic) bond motifs is 1. The average molecular weight is 338 g/mol. The summed E-state index contributed by atoms with van der Waals surface area (Å²) in [4.78, 5) is 29.7. The molecular formula is C18H30N2O4. The van der Waals surface area contributed by atoms with Crippen molar-refractivity contribution < 1.29 is 19.4 Å². The maximum absolute atomic E-state index is 12.8. The summed E-state index contributed by atoms with van der Waals surface area (Å²) >= 11 is 0. The molecule has 1 N–H and O–H groups in total. The number of ether oxygens (including phenoxy) is 1. The molecule has 0 aromatic rings. The van der Waals surface area contributed by atoms with Crippen LogP contribution in [0.1, 0.15) is 39.5 Å². The highest BCUT2D eigenvalue weighted by Crippen LogP contribution is 2.44. The SMILES string of the molecule is CCOC(=O)[C@]12CCCN(C(=O)C3CC(O)C3)C[C@H]1CN(CC)C2. The van der Waals surface area contributed by atoms with E-state index in [2.05, 4.69) is 11.8 Å². The molecule has 3 aliphatic rings. The second-order valence-electron chi connectivity index (χ2n) is 7.61. The van der Waals surface area contributed by atoms with Gasteiger partial charge in [-0.25, -0.2) is 0 Å². The number of carbonyl (C=O) groups excluding carboxylic acids is 2. The lowest BCUT2D eigenvalue weighted by atomic mass is 9.75. The number of esters is 1. The van der Waals surface area contributed by atoms with Gasteiger partial charge < -0.3 is 19.6 Å². The molecule has 0 bridgehead atoms. The van der Waals surface area contributed by atoms with E-state index in [0.717, 1.165) is 39.0 Å². The van der Waals surface area contributed by atoms with Gasteiger partial charge in [-0.2, -0.15) is 0 Å². The molecule has 2 aliphatic heterocycles. The largest absolute Gasteiger partial charge is 0.466 e. The van der Waals surface area contributed by atoms with Crippen molar-refractivity contribution in [3.05, 3.63) is 0 Å². The van der Waals surface area contributed by atoms with Crippen LogP contribution >= 0.6 is 0 Å². The van der Waals surface area contributed by atoms with Gasteiger partial charge in [-0.15, -0.1) is 0 Å². The summed E-state index contributed by atoms with van der Waals surface area (Å²) in [6.07, 6.45) is 2.50. The molecule has 2 atom stereocenters. The van der Waals surface area contributed by atoms with Gasteiger partial charge in [0.25, 0.3) is 0 Å². The van der Waals surface area contributed by atoms with E-state index < -0.39 is 5.41 Å². The minimum Gasteiger partial charge on any atom is -0.466 e. The molecule has 3 fully saturated rings. The lowest BCUT2D eigenvalue weighted by Crippen LogP contribution is -2.47. The second kappa shape index (κ2) is 7.00. The van der Waals surface area contributed by atoms with E-state index in [4.69, 9.17) is 4.74 Å². The molecule has 0 aromatic carbocycles. The Morgan fingerprint density at radius 2 is 2.00 bits per heavy atom. The summed E-state index contributed by atoms with van der Waals surface area (Å²) in [5.74, 6) is 0.195. The van der Waals surface area contributed by atoms with E-state index in [1.165, 1.54) is 0 Å². The van der Waals surface area contributed by atoms with E-state index >= 15 is 0 Å². The molecule has 2 heterocycles. The molecule has 1 aliphatic carbocycles. The van der Waals surface area contributed by atoms with Crippen molar-refractivity contribution in [3.8, 4) is 0 Å². The molecule has 1 amide bonds. The molecule has 24 heavy (non-hydrogen) atoms. The maximum Gasteiger partial charge on any atom is 0.313 e. The Hall–Kier alpha value is -1.14. The first-order valence-electron chi connectivity index (χ1n) is 9.36. The first kappa shape index (κ1) is 17.7. The van der Waals surface area contributed by atoms with E-state index in [0.29, 0.717) is 26.0 Å². The second-order valence-corrected chi connectivity index (χ2v) is 7.61. The van der Waals surface area contributed by atoms with E-state index in [1.54, 1.807) is 0 Å². The van der Waals surface area contributed by atoms with Crippen molar-refractivity contribution in [1.82, 2.24) is 9.80 Å². The van der Waals surface area contributed by atoms with Crippen LogP contribution in [-0.4, -0.2) is 72.2 Å². The van der Waals surface area contributed by atoms with Crippen LogP contribution in [0.5, 0.6) is 0 Å². The molecule has 3 rings (SSSR count). The monoisotopic (exact) mass is 338 g/mol. The van der Waals surface area contributed by atoms with Gasteiger partial charge >= 0.3 is 5.97 Å². The van der Waals surface area contributed by atoms with Crippen LogP contribution in [0.3, 0.4) is 0 Å². The van der Waals surface area contributed by atoms with Crippen LogP contribution in [0.2, 0.25) is 0 Å².